The summed E-state index contributed by atoms with van der Waals surface area (Å²) in [5.41, 5.74) is 1.35. The van der Waals surface area contributed by atoms with Gasteiger partial charge in [0.2, 0.25) is 0 Å². The van der Waals surface area contributed by atoms with Crippen molar-refractivity contribution in [2.75, 3.05) is 12.3 Å². The molecule has 0 saturated carbocycles. The monoisotopic (exact) mass is 307 g/mol. The maximum atomic E-state index is 6.12. The minimum absolute atomic E-state index is 0.432. The molecular weight excluding hydrogens is 290 g/mol. The molecule has 3 rings (SSSR count). The summed E-state index contributed by atoms with van der Waals surface area (Å²) >= 11 is 8.05. The van der Waals surface area contributed by atoms with Gasteiger partial charge in [0, 0.05) is 34.8 Å². The molecule has 0 fully saturated rings. The predicted octanol–water partition coefficient (Wildman–Crippen LogP) is 3.82. The molecule has 3 nitrogen and oxygen atoms in total. The van der Waals surface area contributed by atoms with Crippen molar-refractivity contribution < 1.29 is 0 Å². The fraction of sp³-hybridized carbons (Fsp3) is 0.400. The van der Waals surface area contributed by atoms with Gasteiger partial charge in [-0.2, -0.15) is 0 Å². The van der Waals surface area contributed by atoms with Crippen LogP contribution in [0.15, 0.2) is 35.5 Å². The molecule has 2 aromatic rings. The molecule has 106 valence electrons. The maximum absolute atomic E-state index is 6.12. The minimum atomic E-state index is 0.432. The molecule has 5 heteroatoms. The van der Waals surface area contributed by atoms with Gasteiger partial charge in [0.05, 0.1) is 0 Å². The van der Waals surface area contributed by atoms with Crippen LogP contribution in [0.3, 0.4) is 0 Å². The summed E-state index contributed by atoms with van der Waals surface area (Å²) in [6.07, 6.45) is 6.93. The number of rotatable bonds is 5. The Morgan fingerprint density at radius 3 is 3.25 bits per heavy atom. The molecule has 1 aromatic carbocycles. The Hall–Kier alpha value is -0.970. The Bertz CT molecular complexity index is 556. The first-order valence-electron chi connectivity index (χ1n) is 6.97. The van der Waals surface area contributed by atoms with E-state index in [1.807, 2.05) is 24.0 Å². The number of benzene rings is 1. The van der Waals surface area contributed by atoms with Crippen molar-refractivity contribution in [3.8, 4) is 0 Å². The lowest BCUT2D eigenvalue weighted by molar-refractivity contribution is 0.500. The number of nitrogens with one attached hydrogen (secondary N) is 2. The Labute approximate surface area is 128 Å². The lowest BCUT2D eigenvalue weighted by atomic mass is 10.0. The van der Waals surface area contributed by atoms with Crippen LogP contribution < -0.4 is 5.32 Å². The first kappa shape index (κ1) is 14.0. The number of aromatic amines is 1. The summed E-state index contributed by atoms with van der Waals surface area (Å²) in [7, 11) is 0. The third-order valence-electron chi connectivity index (χ3n) is 3.55. The third kappa shape index (κ3) is 3.37. The predicted molar refractivity (Wildman–Crippen MR) is 84.4 cm³/mol. The van der Waals surface area contributed by atoms with Crippen molar-refractivity contribution in [2.45, 2.75) is 30.2 Å². The van der Waals surface area contributed by atoms with Gasteiger partial charge in [-0.25, -0.2) is 4.98 Å². The number of aromatic nitrogens is 2. The highest BCUT2D eigenvalue weighted by Gasteiger charge is 2.20. The number of nitrogens with zero attached hydrogens (tertiary/aromatic N) is 1. The lowest BCUT2D eigenvalue weighted by Gasteiger charge is -2.26. The van der Waals surface area contributed by atoms with E-state index in [2.05, 4.69) is 27.4 Å². The molecule has 0 bridgehead atoms. The van der Waals surface area contributed by atoms with Gasteiger partial charge >= 0.3 is 0 Å². The summed E-state index contributed by atoms with van der Waals surface area (Å²) < 4.78 is 0. The zero-order chi connectivity index (χ0) is 13.8. The van der Waals surface area contributed by atoms with Gasteiger partial charge in [-0.1, -0.05) is 11.6 Å². The van der Waals surface area contributed by atoms with Crippen LogP contribution in [-0.4, -0.2) is 22.3 Å². The number of hydrogen-bond acceptors (Lipinski definition) is 3. The SMILES string of the molecule is Clc1ccc2c(c1)C(NCCCc1ncc[nH]1)CCS2. The van der Waals surface area contributed by atoms with Crippen LogP contribution in [0.25, 0.3) is 0 Å². The normalized spacial score (nSPS) is 17.9. The van der Waals surface area contributed by atoms with Gasteiger partial charge in [-0.15, -0.1) is 11.8 Å². The molecule has 1 atom stereocenters. The highest BCUT2D eigenvalue weighted by molar-refractivity contribution is 7.99. The van der Waals surface area contributed by atoms with Crippen molar-refractivity contribution in [1.29, 1.82) is 0 Å². The average molecular weight is 308 g/mol. The van der Waals surface area contributed by atoms with Gasteiger partial charge in [0.25, 0.3) is 0 Å². The van der Waals surface area contributed by atoms with Gasteiger partial charge < -0.3 is 10.3 Å². The fourth-order valence-electron chi connectivity index (χ4n) is 2.54. The van der Waals surface area contributed by atoms with Crippen LogP contribution in [0.1, 0.15) is 30.3 Å². The van der Waals surface area contributed by atoms with Crippen LogP contribution in [0.5, 0.6) is 0 Å². The van der Waals surface area contributed by atoms with Crippen LogP contribution in [0.4, 0.5) is 0 Å². The minimum Gasteiger partial charge on any atom is -0.349 e. The van der Waals surface area contributed by atoms with Crippen LogP contribution in [-0.2, 0) is 6.42 Å². The van der Waals surface area contributed by atoms with E-state index in [4.69, 9.17) is 11.6 Å². The molecule has 2 N–H and O–H groups in total. The zero-order valence-electron chi connectivity index (χ0n) is 11.2. The standard InChI is InChI=1S/C15H18ClN3S/c16-11-3-4-14-12(10-11)13(5-9-20-14)17-6-1-2-15-18-7-8-19-15/h3-4,7-8,10,13,17H,1-2,5-6,9H2,(H,18,19). The largest absolute Gasteiger partial charge is 0.349 e. The summed E-state index contributed by atoms with van der Waals surface area (Å²) in [5.74, 6) is 2.24. The second-order valence-corrected chi connectivity index (χ2v) is 6.54. The van der Waals surface area contributed by atoms with Crippen LogP contribution in [0, 0.1) is 0 Å². The molecule has 0 saturated heterocycles. The van der Waals surface area contributed by atoms with Crippen molar-refractivity contribution in [3.63, 3.8) is 0 Å². The summed E-state index contributed by atoms with van der Waals surface area (Å²) in [4.78, 5) is 8.75. The summed E-state index contributed by atoms with van der Waals surface area (Å²) in [6.45, 7) is 1.00. The summed E-state index contributed by atoms with van der Waals surface area (Å²) in [6, 6.07) is 6.65. The molecule has 1 unspecified atom stereocenters. The maximum Gasteiger partial charge on any atom is 0.106 e. The molecule has 1 aliphatic rings. The van der Waals surface area contributed by atoms with Crippen molar-refractivity contribution >= 4 is 23.4 Å². The zero-order valence-corrected chi connectivity index (χ0v) is 12.8. The quantitative estimate of drug-likeness (QED) is 0.825. The summed E-state index contributed by atoms with van der Waals surface area (Å²) in [5, 5.41) is 4.48. The topological polar surface area (TPSA) is 40.7 Å². The molecule has 0 spiro atoms. The Morgan fingerprint density at radius 2 is 2.40 bits per heavy atom. The van der Waals surface area contributed by atoms with E-state index in [1.165, 1.54) is 22.6 Å². The van der Waals surface area contributed by atoms with Gasteiger partial charge in [-0.3, -0.25) is 0 Å². The Morgan fingerprint density at radius 1 is 1.45 bits per heavy atom. The average Bonchev–Trinajstić information content (AvgIpc) is 2.97. The molecule has 0 radical (unpaired) electrons. The molecule has 2 heterocycles. The number of imidazole rings is 1. The number of thioether (sulfide) groups is 1. The van der Waals surface area contributed by atoms with Crippen LogP contribution in [0.2, 0.25) is 5.02 Å². The van der Waals surface area contributed by atoms with E-state index in [9.17, 15) is 0 Å². The Balaban J connectivity index is 1.55. The van der Waals surface area contributed by atoms with Crippen molar-refractivity contribution in [2.24, 2.45) is 0 Å². The van der Waals surface area contributed by atoms with Crippen molar-refractivity contribution in [1.82, 2.24) is 15.3 Å². The van der Waals surface area contributed by atoms with Crippen molar-refractivity contribution in [3.05, 3.63) is 47.0 Å². The first-order valence-corrected chi connectivity index (χ1v) is 8.33. The van der Waals surface area contributed by atoms with Crippen LogP contribution >= 0.6 is 23.4 Å². The van der Waals surface area contributed by atoms with E-state index in [1.54, 1.807) is 6.20 Å². The molecule has 0 amide bonds. The molecule has 0 aliphatic carbocycles. The highest BCUT2D eigenvalue weighted by atomic mass is 35.5. The number of halogens is 1. The fourth-order valence-corrected chi connectivity index (χ4v) is 3.83. The van der Waals surface area contributed by atoms with Gasteiger partial charge in [0.1, 0.15) is 5.82 Å². The molecular formula is C15H18ClN3S. The second kappa shape index (κ2) is 6.66. The lowest BCUT2D eigenvalue weighted by Crippen LogP contribution is -2.25. The Kier molecular flexibility index (Phi) is 4.65. The van der Waals surface area contributed by atoms with E-state index in [0.717, 1.165) is 30.2 Å². The number of fused-ring (bicyclic) bond motifs is 1. The number of hydrogen-bond donors (Lipinski definition) is 2. The molecule has 1 aromatic heterocycles. The number of H-pyrrole nitrogens is 1. The van der Waals surface area contributed by atoms with Gasteiger partial charge in [-0.05, 0) is 48.9 Å². The van der Waals surface area contributed by atoms with E-state index < -0.39 is 0 Å². The smallest absolute Gasteiger partial charge is 0.106 e. The van der Waals surface area contributed by atoms with E-state index >= 15 is 0 Å². The van der Waals surface area contributed by atoms with E-state index in [0.29, 0.717) is 6.04 Å². The highest BCUT2D eigenvalue weighted by Crippen LogP contribution is 2.37. The molecule has 20 heavy (non-hydrogen) atoms. The first-order chi connectivity index (χ1) is 9.83. The second-order valence-electron chi connectivity index (χ2n) is 4.97. The van der Waals surface area contributed by atoms with E-state index in [-0.39, 0.29) is 0 Å². The molecule has 1 aliphatic heterocycles. The number of aryl methyl sites for hydroxylation is 1. The van der Waals surface area contributed by atoms with Gasteiger partial charge in [0.15, 0.2) is 0 Å². The third-order valence-corrected chi connectivity index (χ3v) is 4.91.